The lowest BCUT2D eigenvalue weighted by molar-refractivity contribution is 0.0600. The van der Waals surface area contributed by atoms with Crippen LogP contribution in [0.15, 0.2) is 13.8 Å². The lowest BCUT2D eigenvalue weighted by atomic mass is 10.2. The van der Waals surface area contributed by atoms with E-state index in [9.17, 15) is 4.79 Å². The number of nitrogens with zero attached hydrogens (tertiary/aromatic N) is 2. The van der Waals surface area contributed by atoms with Gasteiger partial charge in [-0.25, -0.2) is 9.78 Å². The van der Waals surface area contributed by atoms with E-state index in [4.69, 9.17) is 4.52 Å². The summed E-state index contributed by atoms with van der Waals surface area (Å²) in [6.45, 7) is 1.68. The number of carbonyl (C=O) groups is 1. The van der Waals surface area contributed by atoms with Gasteiger partial charge in [-0.15, -0.1) is 11.3 Å². The molecule has 2 aromatic rings. The second kappa shape index (κ2) is 4.34. The summed E-state index contributed by atoms with van der Waals surface area (Å²) in [7, 11) is 1.31. The van der Waals surface area contributed by atoms with Crippen LogP contribution in [0.4, 0.5) is 0 Å². The highest BCUT2D eigenvalue weighted by Gasteiger charge is 2.23. The molecule has 0 radical (unpaired) electrons. The van der Waals surface area contributed by atoms with Crippen LogP contribution in [0.5, 0.6) is 0 Å². The molecule has 0 aliphatic rings. The first kappa shape index (κ1) is 11.3. The maximum Gasteiger partial charge on any atom is 0.343 e. The van der Waals surface area contributed by atoms with E-state index in [1.54, 1.807) is 12.3 Å². The van der Waals surface area contributed by atoms with E-state index in [1.165, 1.54) is 18.4 Å². The van der Waals surface area contributed by atoms with E-state index >= 15 is 0 Å². The van der Waals surface area contributed by atoms with Crippen molar-refractivity contribution in [2.24, 2.45) is 0 Å². The molecule has 0 aliphatic heterocycles. The second-order valence-electron chi connectivity index (χ2n) is 2.95. The average molecular weight is 303 g/mol. The van der Waals surface area contributed by atoms with Crippen molar-refractivity contribution in [3.63, 3.8) is 0 Å². The Balaban J connectivity index is 2.53. The molecule has 2 rings (SSSR count). The smallest absolute Gasteiger partial charge is 0.343 e. The highest BCUT2D eigenvalue weighted by Crippen LogP contribution is 2.29. The van der Waals surface area contributed by atoms with Crippen LogP contribution in [0.2, 0.25) is 0 Å². The Hall–Kier alpha value is -1.21. The van der Waals surface area contributed by atoms with E-state index in [1.807, 2.05) is 0 Å². The van der Waals surface area contributed by atoms with E-state index in [2.05, 4.69) is 30.8 Å². The van der Waals surface area contributed by atoms with Gasteiger partial charge in [-0.3, -0.25) is 0 Å². The zero-order chi connectivity index (χ0) is 11.7. The van der Waals surface area contributed by atoms with Gasteiger partial charge in [-0.2, -0.15) is 0 Å². The largest absolute Gasteiger partial charge is 0.465 e. The van der Waals surface area contributed by atoms with Crippen molar-refractivity contribution in [3.8, 4) is 11.5 Å². The molecule has 2 aromatic heterocycles. The molecule has 0 bridgehead atoms. The molecule has 16 heavy (non-hydrogen) atoms. The minimum Gasteiger partial charge on any atom is -0.465 e. The monoisotopic (exact) mass is 302 g/mol. The molecule has 5 nitrogen and oxygen atoms in total. The van der Waals surface area contributed by atoms with Crippen LogP contribution in [0.1, 0.15) is 16.1 Å². The van der Waals surface area contributed by atoms with Gasteiger partial charge in [0.2, 0.25) is 5.76 Å². The minimum absolute atomic E-state index is 0.320. The Morgan fingerprint density at radius 1 is 1.62 bits per heavy atom. The van der Waals surface area contributed by atoms with Gasteiger partial charge in [0, 0.05) is 5.38 Å². The fourth-order valence-electron chi connectivity index (χ4n) is 1.24. The van der Waals surface area contributed by atoms with Gasteiger partial charge in [-0.1, -0.05) is 5.16 Å². The number of ether oxygens (including phenoxy) is 1. The number of methoxy groups -OCH3 is 1. The number of halogens is 1. The highest BCUT2D eigenvalue weighted by molar-refractivity contribution is 9.11. The molecule has 0 atom stereocenters. The van der Waals surface area contributed by atoms with Crippen molar-refractivity contribution < 1.29 is 14.1 Å². The van der Waals surface area contributed by atoms with Gasteiger partial charge in [0.25, 0.3) is 0 Å². The first-order chi connectivity index (χ1) is 7.63. The third-order valence-electron chi connectivity index (χ3n) is 1.96. The Kier molecular flexibility index (Phi) is 3.06. The Labute approximate surface area is 104 Å². The van der Waals surface area contributed by atoms with Crippen molar-refractivity contribution in [2.75, 3.05) is 7.11 Å². The molecule has 0 fully saturated rings. The lowest BCUT2D eigenvalue weighted by Crippen LogP contribution is -2.03. The summed E-state index contributed by atoms with van der Waals surface area (Å²) in [5, 5.41) is 5.52. The zero-order valence-electron chi connectivity index (χ0n) is 8.48. The molecule has 84 valence electrons. The third-order valence-corrected chi connectivity index (χ3v) is 3.33. The number of aryl methyl sites for hydroxylation is 1. The van der Waals surface area contributed by atoms with Gasteiger partial charge < -0.3 is 9.26 Å². The second-order valence-corrected chi connectivity index (χ2v) is 5.08. The van der Waals surface area contributed by atoms with Crippen LogP contribution < -0.4 is 0 Å². The number of aromatic nitrogens is 2. The predicted octanol–water partition coefficient (Wildman–Crippen LogP) is 2.66. The molecule has 0 amide bonds. The number of rotatable bonds is 2. The van der Waals surface area contributed by atoms with Gasteiger partial charge in [-0.05, 0) is 22.9 Å². The molecular formula is C9H7BrN2O3S. The molecule has 0 aromatic carbocycles. The zero-order valence-corrected chi connectivity index (χ0v) is 10.9. The van der Waals surface area contributed by atoms with E-state index in [0.29, 0.717) is 26.6 Å². The van der Waals surface area contributed by atoms with E-state index in [-0.39, 0.29) is 0 Å². The molecule has 2 heterocycles. The Bertz CT molecular complexity index is 535. The van der Waals surface area contributed by atoms with Crippen molar-refractivity contribution in [2.45, 2.75) is 6.92 Å². The van der Waals surface area contributed by atoms with Gasteiger partial charge in [0.15, 0.2) is 3.92 Å². The minimum atomic E-state index is -0.474. The van der Waals surface area contributed by atoms with Crippen LogP contribution >= 0.6 is 27.3 Å². The molecule has 0 unspecified atom stereocenters. The van der Waals surface area contributed by atoms with Gasteiger partial charge in [0.1, 0.15) is 11.3 Å². The van der Waals surface area contributed by atoms with Gasteiger partial charge in [0.05, 0.1) is 12.8 Å². The lowest BCUT2D eigenvalue weighted by Gasteiger charge is -1.97. The van der Waals surface area contributed by atoms with E-state index in [0.717, 1.165) is 0 Å². The van der Waals surface area contributed by atoms with Crippen LogP contribution in [0.25, 0.3) is 11.5 Å². The number of carbonyl (C=O) groups excluding carboxylic acids is 1. The van der Waals surface area contributed by atoms with Crippen molar-refractivity contribution in [1.82, 2.24) is 10.1 Å². The van der Waals surface area contributed by atoms with Crippen LogP contribution in [-0.2, 0) is 4.74 Å². The third kappa shape index (κ3) is 1.88. The first-order valence-electron chi connectivity index (χ1n) is 4.29. The molecule has 0 spiro atoms. The summed E-state index contributed by atoms with van der Waals surface area (Å²) in [6, 6.07) is 0. The summed E-state index contributed by atoms with van der Waals surface area (Å²) in [5.41, 5.74) is 1.38. The number of thiazole rings is 1. The summed E-state index contributed by atoms with van der Waals surface area (Å²) in [4.78, 5) is 15.7. The van der Waals surface area contributed by atoms with Gasteiger partial charge >= 0.3 is 5.97 Å². The first-order valence-corrected chi connectivity index (χ1v) is 5.96. The fraction of sp³-hybridized carbons (Fsp3) is 0.222. The fourth-order valence-corrected chi connectivity index (χ4v) is 2.23. The topological polar surface area (TPSA) is 65.2 Å². The quantitative estimate of drug-likeness (QED) is 0.798. The molecule has 7 heteroatoms. The maximum absolute atomic E-state index is 11.5. The predicted molar refractivity (Wildman–Crippen MR) is 61.4 cm³/mol. The summed E-state index contributed by atoms with van der Waals surface area (Å²) in [5.74, 6) is -0.135. The normalized spacial score (nSPS) is 10.4. The molecule has 0 saturated heterocycles. The molecule has 0 saturated carbocycles. The van der Waals surface area contributed by atoms with Crippen molar-refractivity contribution in [1.29, 1.82) is 0 Å². The highest BCUT2D eigenvalue weighted by atomic mass is 79.9. The Morgan fingerprint density at radius 3 is 2.94 bits per heavy atom. The average Bonchev–Trinajstić information content (AvgIpc) is 2.83. The summed E-state index contributed by atoms with van der Waals surface area (Å²) < 4.78 is 10.5. The van der Waals surface area contributed by atoms with E-state index < -0.39 is 5.97 Å². The Morgan fingerprint density at radius 2 is 2.38 bits per heavy atom. The summed E-state index contributed by atoms with van der Waals surface area (Å²) in [6.07, 6.45) is 0. The maximum atomic E-state index is 11.5. The molecular weight excluding hydrogens is 296 g/mol. The SMILES string of the molecule is COC(=O)c1c(C)noc1-c1csc(Br)n1. The number of hydrogen-bond donors (Lipinski definition) is 0. The van der Waals surface area contributed by atoms with Crippen molar-refractivity contribution in [3.05, 3.63) is 20.6 Å². The number of esters is 1. The molecule has 0 N–H and O–H groups in total. The molecule has 0 aliphatic carbocycles. The van der Waals surface area contributed by atoms with Crippen LogP contribution in [0.3, 0.4) is 0 Å². The summed E-state index contributed by atoms with van der Waals surface area (Å²) >= 11 is 4.65. The van der Waals surface area contributed by atoms with Crippen LogP contribution in [-0.4, -0.2) is 23.2 Å². The van der Waals surface area contributed by atoms with Crippen LogP contribution in [0, 0.1) is 6.92 Å². The number of hydrogen-bond acceptors (Lipinski definition) is 6. The standard InChI is InChI=1S/C9H7BrN2O3S/c1-4-6(8(13)14-2)7(15-12-4)5-3-16-9(10)11-5/h3H,1-2H3. The van der Waals surface area contributed by atoms with Crippen molar-refractivity contribution >= 4 is 33.2 Å².